The maximum Gasteiger partial charge on any atom is 0.408 e. The van der Waals surface area contributed by atoms with E-state index in [1.54, 1.807) is 20.8 Å². The molecule has 3 atom stereocenters. The second kappa shape index (κ2) is 9.58. The summed E-state index contributed by atoms with van der Waals surface area (Å²) < 4.78 is 5.33. The van der Waals surface area contributed by atoms with Crippen molar-refractivity contribution in [3.63, 3.8) is 0 Å². The normalized spacial score (nSPS) is 26.0. The fourth-order valence-corrected chi connectivity index (χ4v) is 4.00. The molecule has 3 N–H and O–H groups in total. The maximum absolute atomic E-state index is 12.9. The fraction of sp³-hybridized carbons (Fsp3) is 0.900. The third-order valence-corrected chi connectivity index (χ3v) is 5.36. The molecule has 0 heterocycles. The minimum Gasteiger partial charge on any atom is -0.444 e. The molecule has 2 fully saturated rings. The van der Waals surface area contributed by atoms with Crippen LogP contribution in [0.2, 0.25) is 0 Å². The summed E-state index contributed by atoms with van der Waals surface area (Å²) in [6.07, 6.45) is 8.75. The van der Waals surface area contributed by atoms with Gasteiger partial charge >= 0.3 is 6.09 Å². The van der Waals surface area contributed by atoms with E-state index in [9.17, 15) is 14.7 Å². The Kier molecular flexibility index (Phi) is 7.74. The summed E-state index contributed by atoms with van der Waals surface area (Å²) in [6.45, 7) is 5.42. The number of nitrogens with one attached hydrogen (secondary N) is 2. The first-order valence-corrected chi connectivity index (χ1v) is 10.2. The van der Waals surface area contributed by atoms with Gasteiger partial charge in [0.25, 0.3) is 0 Å². The third-order valence-electron chi connectivity index (χ3n) is 5.36. The van der Waals surface area contributed by atoms with Crippen molar-refractivity contribution < 1.29 is 19.4 Å². The Morgan fingerprint density at radius 1 is 1.04 bits per heavy atom. The number of carbonyl (C=O) groups is 2. The van der Waals surface area contributed by atoms with Gasteiger partial charge in [-0.15, -0.1) is 0 Å². The first-order valence-electron chi connectivity index (χ1n) is 10.2. The summed E-state index contributed by atoms with van der Waals surface area (Å²) in [5.41, 5.74) is -0.601. The molecule has 150 valence electrons. The predicted octanol–water partition coefficient (Wildman–Crippen LogP) is 3.27. The molecule has 2 amide bonds. The summed E-state index contributed by atoms with van der Waals surface area (Å²) >= 11 is 0. The first kappa shape index (κ1) is 21.0. The summed E-state index contributed by atoms with van der Waals surface area (Å²) in [5, 5.41) is 16.0. The highest BCUT2D eigenvalue weighted by Crippen LogP contribution is 2.29. The summed E-state index contributed by atoms with van der Waals surface area (Å²) in [4.78, 5) is 25.1. The summed E-state index contributed by atoms with van der Waals surface area (Å²) in [5.74, 6) is 0.258. The first-order chi connectivity index (χ1) is 12.2. The van der Waals surface area contributed by atoms with E-state index in [-0.39, 0.29) is 11.9 Å². The van der Waals surface area contributed by atoms with Gasteiger partial charge in [0.05, 0.1) is 12.1 Å². The van der Waals surface area contributed by atoms with Crippen molar-refractivity contribution in [3.8, 4) is 0 Å². The molecule has 26 heavy (non-hydrogen) atoms. The van der Waals surface area contributed by atoms with Gasteiger partial charge in [0.1, 0.15) is 11.6 Å². The van der Waals surface area contributed by atoms with Crippen LogP contribution in [-0.2, 0) is 9.53 Å². The SMILES string of the molecule is CC(C)(C)OC(=O)N[C@@H](CC1CCCC1)C(=O)NC1CCCCCC1O. The number of hydrogen-bond acceptors (Lipinski definition) is 4. The van der Waals surface area contributed by atoms with Gasteiger partial charge < -0.3 is 20.5 Å². The molecule has 2 saturated carbocycles. The van der Waals surface area contributed by atoms with Crippen molar-refractivity contribution in [2.75, 3.05) is 0 Å². The van der Waals surface area contributed by atoms with E-state index in [0.717, 1.165) is 44.9 Å². The molecular weight excluding hydrogens is 332 g/mol. The number of aliphatic hydroxyl groups excluding tert-OH is 1. The predicted molar refractivity (Wildman–Crippen MR) is 101 cm³/mol. The van der Waals surface area contributed by atoms with Gasteiger partial charge in [-0.3, -0.25) is 4.79 Å². The number of hydrogen-bond donors (Lipinski definition) is 3. The van der Waals surface area contributed by atoms with Crippen molar-refractivity contribution in [1.82, 2.24) is 10.6 Å². The van der Waals surface area contributed by atoms with Crippen LogP contribution in [0.1, 0.15) is 85.0 Å². The van der Waals surface area contributed by atoms with E-state index in [2.05, 4.69) is 10.6 Å². The Balaban J connectivity index is 1.98. The van der Waals surface area contributed by atoms with E-state index < -0.39 is 23.8 Å². The van der Waals surface area contributed by atoms with Crippen LogP contribution in [-0.4, -0.2) is 40.9 Å². The van der Waals surface area contributed by atoms with Crippen LogP contribution in [0.25, 0.3) is 0 Å². The lowest BCUT2D eigenvalue weighted by Gasteiger charge is -2.28. The lowest BCUT2D eigenvalue weighted by atomic mass is 9.97. The zero-order valence-electron chi connectivity index (χ0n) is 16.6. The molecular formula is C20H36N2O4. The van der Waals surface area contributed by atoms with Crippen molar-refractivity contribution in [2.24, 2.45) is 5.92 Å². The highest BCUT2D eigenvalue weighted by atomic mass is 16.6. The molecule has 2 aliphatic rings. The van der Waals surface area contributed by atoms with Gasteiger partial charge in [0, 0.05) is 0 Å². The van der Waals surface area contributed by atoms with Crippen molar-refractivity contribution in [1.29, 1.82) is 0 Å². The van der Waals surface area contributed by atoms with E-state index in [0.29, 0.717) is 12.3 Å². The minimum absolute atomic E-state index is 0.200. The number of alkyl carbamates (subject to hydrolysis) is 1. The van der Waals surface area contributed by atoms with Crippen LogP contribution in [0.15, 0.2) is 0 Å². The lowest BCUT2D eigenvalue weighted by molar-refractivity contribution is -0.125. The number of carbonyl (C=O) groups excluding carboxylic acids is 2. The maximum atomic E-state index is 12.9. The van der Waals surface area contributed by atoms with Gasteiger partial charge in [0.2, 0.25) is 5.91 Å². The molecule has 0 aromatic carbocycles. The van der Waals surface area contributed by atoms with Crippen LogP contribution in [0, 0.1) is 5.92 Å². The Labute approximate surface area is 157 Å². The highest BCUT2D eigenvalue weighted by molar-refractivity contribution is 5.86. The monoisotopic (exact) mass is 368 g/mol. The zero-order valence-corrected chi connectivity index (χ0v) is 16.6. The molecule has 0 bridgehead atoms. The lowest BCUT2D eigenvalue weighted by Crippen LogP contribution is -2.53. The standard InChI is InChI=1S/C20H36N2O4/c1-20(2,3)26-19(25)22-16(13-14-9-7-8-10-14)18(24)21-15-11-5-4-6-12-17(15)23/h14-17,23H,4-13H2,1-3H3,(H,21,24)(H,22,25)/t15?,16-,17?/m0/s1. The van der Waals surface area contributed by atoms with Crippen LogP contribution >= 0.6 is 0 Å². The van der Waals surface area contributed by atoms with Gasteiger partial charge in [-0.2, -0.15) is 0 Å². The Morgan fingerprint density at radius 2 is 1.65 bits per heavy atom. The molecule has 2 aliphatic carbocycles. The summed E-state index contributed by atoms with van der Waals surface area (Å²) in [6, 6.07) is -0.833. The Bertz CT molecular complexity index is 469. The number of rotatable bonds is 5. The Morgan fingerprint density at radius 3 is 2.31 bits per heavy atom. The quantitative estimate of drug-likeness (QED) is 0.650. The third kappa shape index (κ3) is 7.14. The minimum atomic E-state index is -0.608. The molecule has 0 aromatic rings. The van der Waals surface area contributed by atoms with Gasteiger partial charge in [0.15, 0.2) is 0 Å². The molecule has 2 rings (SSSR count). The van der Waals surface area contributed by atoms with Crippen LogP contribution in [0.4, 0.5) is 4.79 Å². The molecule has 0 saturated heterocycles. The second-order valence-electron chi connectivity index (χ2n) is 8.91. The van der Waals surface area contributed by atoms with E-state index in [1.807, 2.05) is 0 Å². The average molecular weight is 369 g/mol. The fourth-order valence-electron chi connectivity index (χ4n) is 4.00. The van der Waals surface area contributed by atoms with E-state index in [4.69, 9.17) is 4.74 Å². The van der Waals surface area contributed by atoms with Crippen molar-refractivity contribution in [2.45, 2.75) is 109 Å². The number of amides is 2. The molecule has 0 aromatic heterocycles. The van der Waals surface area contributed by atoms with E-state index in [1.165, 1.54) is 12.8 Å². The Hall–Kier alpha value is -1.30. The van der Waals surface area contributed by atoms with Crippen molar-refractivity contribution >= 4 is 12.0 Å². The van der Waals surface area contributed by atoms with Crippen LogP contribution in [0.5, 0.6) is 0 Å². The highest BCUT2D eigenvalue weighted by Gasteiger charge is 2.31. The van der Waals surface area contributed by atoms with Crippen LogP contribution in [0.3, 0.4) is 0 Å². The second-order valence-corrected chi connectivity index (χ2v) is 8.91. The summed E-state index contributed by atoms with van der Waals surface area (Å²) in [7, 11) is 0. The number of ether oxygens (including phenoxy) is 1. The molecule has 6 heteroatoms. The molecule has 0 radical (unpaired) electrons. The van der Waals surface area contributed by atoms with Crippen LogP contribution < -0.4 is 10.6 Å². The molecule has 0 aliphatic heterocycles. The zero-order chi connectivity index (χ0) is 19.2. The van der Waals surface area contributed by atoms with Gasteiger partial charge in [-0.1, -0.05) is 44.9 Å². The molecule has 6 nitrogen and oxygen atoms in total. The van der Waals surface area contributed by atoms with Gasteiger partial charge in [-0.25, -0.2) is 4.79 Å². The number of aliphatic hydroxyl groups is 1. The molecule has 0 spiro atoms. The average Bonchev–Trinajstić information content (AvgIpc) is 2.95. The largest absolute Gasteiger partial charge is 0.444 e. The van der Waals surface area contributed by atoms with E-state index >= 15 is 0 Å². The van der Waals surface area contributed by atoms with Crippen molar-refractivity contribution in [3.05, 3.63) is 0 Å². The topological polar surface area (TPSA) is 87.7 Å². The molecule has 2 unspecified atom stereocenters. The smallest absolute Gasteiger partial charge is 0.408 e. The van der Waals surface area contributed by atoms with Gasteiger partial charge in [-0.05, 0) is 46.0 Å².